The van der Waals surface area contributed by atoms with Gasteiger partial charge in [-0.15, -0.1) is 9.24 Å². The summed E-state index contributed by atoms with van der Waals surface area (Å²) in [5.74, 6) is 0. The van der Waals surface area contributed by atoms with Gasteiger partial charge >= 0.3 is 0 Å². The Morgan fingerprint density at radius 3 is 2.32 bits per heavy atom. The quantitative estimate of drug-likeness (QED) is 0.379. The highest BCUT2D eigenvalue weighted by molar-refractivity contribution is 7.16. The van der Waals surface area contributed by atoms with Crippen LogP contribution in [-0.2, 0) is 0 Å². The summed E-state index contributed by atoms with van der Waals surface area (Å²) in [5, 5.41) is 0. The average Bonchev–Trinajstić information content (AvgIpc) is 2.71. The summed E-state index contributed by atoms with van der Waals surface area (Å²) in [7, 11) is 2.76. The fraction of sp³-hybridized carbons (Fsp3) is 0.217. The van der Waals surface area contributed by atoms with E-state index >= 15 is 0 Å². The summed E-state index contributed by atoms with van der Waals surface area (Å²) in [6.07, 6.45) is 15.8. The van der Waals surface area contributed by atoms with Crippen molar-refractivity contribution in [1.29, 1.82) is 0 Å². The SMILES string of the molecule is C=C/C=C\C1=C(C)CCC(C)=C(/C=C\CP)/C1=C\c1ccccc1N. The Morgan fingerprint density at radius 1 is 1.08 bits per heavy atom. The third kappa shape index (κ3) is 4.94. The summed E-state index contributed by atoms with van der Waals surface area (Å²) in [6, 6.07) is 8.03. The molecule has 2 N–H and O–H groups in total. The van der Waals surface area contributed by atoms with Crippen LogP contribution in [0.3, 0.4) is 0 Å². The van der Waals surface area contributed by atoms with Crippen molar-refractivity contribution in [3.05, 3.63) is 94.7 Å². The van der Waals surface area contributed by atoms with Gasteiger partial charge in [0.15, 0.2) is 0 Å². The van der Waals surface area contributed by atoms with Crippen LogP contribution in [0.2, 0.25) is 0 Å². The summed E-state index contributed by atoms with van der Waals surface area (Å²) < 4.78 is 0. The van der Waals surface area contributed by atoms with Gasteiger partial charge in [-0.1, -0.05) is 66.3 Å². The van der Waals surface area contributed by atoms with E-state index in [1.807, 2.05) is 30.4 Å². The number of hydrogen-bond acceptors (Lipinski definition) is 1. The molecule has 0 saturated heterocycles. The van der Waals surface area contributed by atoms with Gasteiger partial charge in [0, 0.05) is 5.69 Å². The molecule has 0 saturated carbocycles. The molecule has 1 atom stereocenters. The molecular formula is C23H28NP. The Hall–Kier alpha value is -2.11. The van der Waals surface area contributed by atoms with Crippen LogP contribution < -0.4 is 5.73 Å². The molecule has 0 fully saturated rings. The standard InChI is InChI=1S/C23H28NP/c1-4-5-10-20-17(2)13-14-18(3)21(11-8-15-25)22(20)16-19-9-6-7-12-23(19)24/h4-12,16H,1,13-15,24-25H2,2-3H3/b10-5-,11-8-,22-16-. The molecule has 1 aliphatic rings. The molecule has 1 aromatic carbocycles. The Labute approximate surface area is 154 Å². The minimum absolute atomic E-state index is 0.802. The van der Waals surface area contributed by atoms with Crippen molar-refractivity contribution < 1.29 is 0 Å². The minimum atomic E-state index is 0.802. The Bertz CT molecular complexity index is 788. The second kappa shape index (κ2) is 9.39. The Balaban J connectivity index is 2.72. The normalized spacial score (nSPS) is 17.8. The molecular weight excluding hydrogens is 321 g/mol. The van der Waals surface area contributed by atoms with E-state index in [4.69, 9.17) is 5.73 Å². The number of allylic oxidation sites excluding steroid dienone is 10. The van der Waals surface area contributed by atoms with Gasteiger partial charge in [-0.05, 0) is 67.3 Å². The number of rotatable bonds is 5. The molecule has 1 aromatic rings. The second-order valence-corrected chi connectivity index (χ2v) is 6.78. The van der Waals surface area contributed by atoms with Crippen LogP contribution in [0.1, 0.15) is 32.3 Å². The first kappa shape index (κ1) is 19.2. The van der Waals surface area contributed by atoms with Crippen molar-refractivity contribution in [2.24, 2.45) is 0 Å². The summed E-state index contributed by atoms with van der Waals surface area (Å²) >= 11 is 0. The van der Waals surface area contributed by atoms with E-state index in [1.54, 1.807) is 0 Å². The van der Waals surface area contributed by atoms with Gasteiger partial charge in [-0.2, -0.15) is 0 Å². The third-order valence-electron chi connectivity index (χ3n) is 4.49. The van der Waals surface area contributed by atoms with Crippen molar-refractivity contribution in [3.63, 3.8) is 0 Å². The molecule has 0 heterocycles. The summed E-state index contributed by atoms with van der Waals surface area (Å²) in [6.45, 7) is 8.28. The lowest BCUT2D eigenvalue weighted by molar-refractivity contribution is 0.924. The number of anilines is 1. The first-order valence-electron chi connectivity index (χ1n) is 8.70. The van der Waals surface area contributed by atoms with E-state index in [1.165, 1.54) is 27.9 Å². The van der Waals surface area contributed by atoms with E-state index < -0.39 is 0 Å². The van der Waals surface area contributed by atoms with Crippen LogP contribution in [0.15, 0.2) is 89.1 Å². The molecule has 0 aliphatic heterocycles. The molecule has 0 aromatic heterocycles. The predicted octanol–water partition coefficient (Wildman–Crippen LogP) is 6.25. The monoisotopic (exact) mass is 349 g/mol. The van der Waals surface area contributed by atoms with Gasteiger partial charge in [-0.3, -0.25) is 0 Å². The van der Waals surface area contributed by atoms with E-state index in [0.717, 1.165) is 30.3 Å². The molecule has 130 valence electrons. The Kier molecular flexibility index (Phi) is 7.22. The number of benzene rings is 1. The lowest BCUT2D eigenvalue weighted by Crippen LogP contribution is -1.96. The lowest BCUT2D eigenvalue weighted by atomic mass is 9.91. The molecule has 0 radical (unpaired) electrons. The smallest absolute Gasteiger partial charge is 0.0387 e. The second-order valence-electron chi connectivity index (χ2n) is 6.31. The van der Waals surface area contributed by atoms with E-state index in [0.29, 0.717) is 0 Å². The molecule has 1 nitrogen and oxygen atoms in total. The molecule has 25 heavy (non-hydrogen) atoms. The maximum Gasteiger partial charge on any atom is 0.0387 e. The van der Waals surface area contributed by atoms with Crippen LogP contribution in [-0.4, -0.2) is 6.16 Å². The predicted molar refractivity (Wildman–Crippen MR) is 117 cm³/mol. The topological polar surface area (TPSA) is 26.0 Å². The highest BCUT2D eigenvalue weighted by Gasteiger charge is 2.17. The van der Waals surface area contributed by atoms with Gasteiger partial charge in [-0.25, -0.2) is 0 Å². The highest BCUT2D eigenvalue weighted by atomic mass is 31.0. The summed E-state index contributed by atoms with van der Waals surface area (Å²) in [4.78, 5) is 0. The van der Waals surface area contributed by atoms with E-state index in [2.05, 4.69) is 60.0 Å². The average molecular weight is 349 g/mol. The fourth-order valence-electron chi connectivity index (χ4n) is 3.02. The van der Waals surface area contributed by atoms with Crippen molar-refractivity contribution in [1.82, 2.24) is 0 Å². The molecule has 2 rings (SSSR count). The van der Waals surface area contributed by atoms with Crippen LogP contribution in [0, 0.1) is 0 Å². The lowest BCUT2D eigenvalue weighted by Gasteiger charge is -2.14. The van der Waals surface area contributed by atoms with Crippen molar-refractivity contribution in [3.8, 4) is 0 Å². The molecule has 0 spiro atoms. The number of hydrogen-bond donors (Lipinski definition) is 1. The first-order chi connectivity index (χ1) is 12.1. The minimum Gasteiger partial charge on any atom is -0.398 e. The largest absolute Gasteiger partial charge is 0.398 e. The number of nitrogen functional groups attached to an aromatic ring is 1. The number of para-hydroxylation sites is 1. The van der Waals surface area contributed by atoms with Crippen molar-refractivity contribution in [2.45, 2.75) is 26.7 Å². The molecule has 2 heteroatoms. The van der Waals surface area contributed by atoms with Gasteiger partial charge in [0.25, 0.3) is 0 Å². The van der Waals surface area contributed by atoms with E-state index in [-0.39, 0.29) is 0 Å². The summed E-state index contributed by atoms with van der Waals surface area (Å²) in [5.41, 5.74) is 14.7. The van der Waals surface area contributed by atoms with Gasteiger partial charge in [0.2, 0.25) is 0 Å². The molecule has 1 unspecified atom stereocenters. The van der Waals surface area contributed by atoms with Crippen molar-refractivity contribution >= 4 is 21.0 Å². The molecule has 0 amide bonds. The van der Waals surface area contributed by atoms with Gasteiger partial charge in [0.1, 0.15) is 0 Å². The molecule has 1 aliphatic carbocycles. The van der Waals surface area contributed by atoms with Gasteiger partial charge in [0.05, 0.1) is 0 Å². The van der Waals surface area contributed by atoms with Crippen LogP contribution >= 0.6 is 9.24 Å². The van der Waals surface area contributed by atoms with Gasteiger partial charge < -0.3 is 5.73 Å². The van der Waals surface area contributed by atoms with Crippen LogP contribution in [0.4, 0.5) is 5.69 Å². The highest BCUT2D eigenvalue weighted by Crippen LogP contribution is 2.36. The zero-order valence-electron chi connectivity index (χ0n) is 15.3. The maximum atomic E-state index is 6.20. The van der Waals surface area contributed by atoms with Crippen LogP contribution in [0.25, 0.3) is 6.08 Å². The maximum absolute atomic E-state index is 6.20. The first-order valence-corrected chi connectivity index (χ1v) is 9.52. The zero-order valence-corrected chi connectivity index (χ0v) is 16.4. The number of nitrogens with two attached hydrogens (primary N) is 1. The third-order valence-corrected chi connectivity index (χ3v) is 4.76. The fourth-order valence-corrected chi connectivity index (χ4v) is 3.15. The van der Waals surface area contributed by atoms with E-state index in [9.17, 15) is 0 Å². The Morgan fingerprint density at radius 2 is 1.72 bits per heavy atom. The van der Waals surface area contributed by atoms with Crippen LogP contribution in [0.5, 0.6) is 0 Å². The molecule has 0 bridgehead atoms. The zero-order chi connectivity index (χ0) is 18.2. The van der Waals surface area contributed by atoms with Crippen molar-refractivity contribution in [2.75, 3.05) is 11.9 Å².